The molecule has 0 radical (unpaired) electrons. The fourth-order valence-electron chi connectivity index (χ4n) is 5.59. The van der Waals surface area contributed by atoms with Gasteiger partial charge in [0.15, 0.2) is 11.6 Å². The summed E-state index contributed by atoms with van der Waals surface area (Å²) in [6, 6.07) is 28.9. The van der Waals surface area contributed by atoms with Crippen LogP contribution < -0.4 is 24.3 Å². The van der Waals surface area contributed by atoms with Gasteiger partial charge in [-0.15, -0.1) is 6.58 Å². The number of aliphatic imine (C=N–C) groups is 1. The van der Waals surface area contributed by atoms with Crippen LogP contribution in [0, 0.1) is 0 Å². The number of nitrogens with zero attached hydrogens (tertiary/aromatic N) is 1. The van der Waals surface area contributed by atoms with Crippen LogP contribution in [0.2, 0.25) is 0 Å². The molecule has 1 heterocycles. The molecular formula is C38H40N2O7. The third-order valence-corrected chi connectivity index (χ3v) is 8.05. The maximum absolute atomic E-state index is 14.4. The smallest absolute Gasteiger partial charge is 0.252 e. The number of aliphatic hydroxyl groups excluding tert-OH is 1. The highest BCUT2D eigenvalue weighted by Crippen LogP contribution is 2.43. The number of nitrogens with one attached hydrogen (secondary N) is 1. The van der Waals surface area contributed by atoms with Crippen LogP contribution >= 0.6 is 0 Å². The van der Waals surface area contributed by atoms with Crippen molar-refractivity contribution in [3.05, 3.63) is 120 Å². The summed E-state index contributed by atoms with van der Waals surface area (Å²) in [5.74, 6) is 2.25. The molecule has 4 aromatic rings. The van der Waals surface area contributed by atoms with Crippen LogP contribution in [0.3, 0.4) is 0 Å². The largest absolute Gasteiger partial charge is 0.496 e. The summed E-state index contributed by atoms with van der Waals surface area (Å²) in [5, 5.41) is 12.2. The van der Waals surface area contributed by atoms with E-state index in [0.29, 0.717) is 53.1 Å². The molecular weight excluding hydrogens is 596 g/mol. The highest BCUT2D eigenvalue weighted by atomic mass is 16.5. The van der Waals surface area contributed by atoms with Crippen molar-refractivity contribution in [3.8, 4) is 34.1 Å². The minimum absolute atomic E-state index is 0.0575. The predicted molar refractivity (Wildman–Crippen MR) is 181 cm³/mol. The second-order valence-electron chi connectivity index (χ2n) is 11.0. The van der Waals surface area contributed by atoms with Crippen LogP contribution in [0.15, 0.2) is 109 Å². The molecule has 1 aliphatic rings. The Balaban J connectivity index is 1.51. The van der Waals surface area contributed by atoms with E-state index in [2.05, 4.69) is 24.0 Å². The third-order valence-electron chi connectivity index (χ3n) is 8.05. The van der Waals surface area contributed by atoms with Crippen LogP contribution in [0.1, 0.15) is 35.6 Å². The third kappa shape index (κ3) is 7.26. The molecule has 5 rings (SSSR count). The zero-order valence-electron chi connectivity index (χ0n) is 26.9. The summed E-state index contributed by atoms with van der Waals surface area (Å²) in [5.41, 5.74) is 2.91. The molecule has 0 aliphatic carbocycles. The van der Waals surface area contributed by atoms with Crippen molar-refractivity contribution in [2.75, 3.05) is 34.5 Å². The Morgan fingerprint density at radius 3 is 2.13 bits per heavy atom. The first-order valence-corrected chi connectivity index (χ1v) is 15.4. The zero-order chi connectivity index (χ0) is 33.2. The fraction of sp³-hybridized carbons (Fsp3) is 0.263. The molecule has 0 aromatic heterocycles. The van der Waals surface area contributed by atoms with Gasteiger partial charge in [0.2, 0.25) is 5.90 Å². The van der Waals surface area contributed by atoms with Gasteiger partial charge in [-0.2, -0.15) is 0 Å². The molecule has 2 N–H and O–H groups in total. The van der Waals surface area contributed by atoms with Gasteiger partial charge in [0.1, 0.15) is 23.0 Å². The average molecular weight is 637 g/mol. The lowest BCUT2D eigenvalue weighted by atomic mass is 9.84. The molecule has 0 saturated carbocycles. The van der Waals surface area contributed by atoms with Gasteiger partial charge in [0.25, 0.3) is 5.91 Å². The first-order chi connectivity index (χ1) is 23.0. The average Bonchev–Trinajstić information content (AvgIpc) is 3.51. The van der Waals surface area contributed by atoms with E-state index in [9.17, 15) is 4.79 Å². The van der Waals surface area contributed by atoms with Crippen molar-refractivity contribution in [2.45, 2.75) is 31.0 Å². The van der Waals surface area contributed by atoms with E-state index in [0.717, 1.165) is 16.7 Å². The highest BCUT2D eigenvalue weighted by Gasteiger charge is 2.52. The van der Waals surface area contributed by atoms with Crippen molar-refractivity contribution in [2.24, 2.45) is 4.99 Å². The molecule has 0 spiro atoms. The van der Waals surface area contributed by atoms with E-state index in [4.69, 9.17) is 33.8 Å². The summed E-state index contributed by atoms with van der Waals surface area (Å²) in [6.07, 6.45) is 1.69. The molecule has 4 aromatic carbocycles. The lowest BCUT2D eigenvalue weighted by Gasteiger charge is -2.30. The molecule has 0 saturated heterocycles. The number of amides is 1. The quantitative estimate of drug-likeness (QED) is 0.117. The summed E-state index contributed by atoms with van der Waals surface area (Å²) in [6.45, 7) is 4.55. The topological polar surface area (TPSA) is 108 Å². The van der Waals surface area contributed by atoms with Crippen molar-refractivity contribution >= 4 is 11.8 Å². The Morgan fingerprint density at radius 1 is 0.894 bits per heavy atom. The molecule has 2 atom stereocenters. The van der Waals surface area contributed by atoms with Gasteiger partial charge in [0.05, 0.1) is 40.0 Å². The SMILES string of the molecule is C=CC[C@@]1(C(=O)NCc2c(OC)cc(OC)cc2OC)N=C(c2ccc(OCCCO)cc2)O[C@@H]1c1ccc(-c2ccccc2)cc1. The fourth-order valence-corrected chi connectivity index (χ4v) is 5.59. The van der Waals surface area contributed by atoms with Gasteiger partial charge in [0, 0.05) is 37.1 Å². The normalized spacial score (nSPS) is 16.9. The molecule has 47 heavy (non-hydrogen) atoms. The monoisotopic (exact) mass is 636 g/mol. The number of carbonyl (C=O) groups is 1. The number of methoxy groups -OCH3 is 3. The lowest BCUT2D eigenvalue weighted by molar-refractivity contribution is -0.129. The predicted octanol–water partition coefficient (Wildman–Crippen LogP) is 6.29. The maximum Gasteiger partial charge on any atom is 0.252 e. The second kappa shape index (κ2) is 15.3. The van der Waals surface area contributed by atoms with E-state index in [1.54, 1.807) is 39.5 Å². The highest BCUT2D eigenvalue weighted by molar-refractivity contribution is 6.01. The number of benzene rings is 4. The van der Waals surface area contributed by atoms with Gasteiger partial charge >= 0.3 is 0 Å². The standard InChI is InChI=1S/C38H40N2O7/c1-5-20-38(37(42)39-25-32-33(44-3)23-31(43-2)24-34(32)45-4)35(28-14-12-27(13-15-28)26-10-7-6-8-11-26)47-36(40-38)29-16-18-30(19-17-29)46-22-9-21-41/h5-8,10-19,23-24,35,41H,1,9,20-22,25H2,2-4H3,(H,39,42)/t35-,38-/m1/s1. The number of aliphatic hydroxyl groups is 1. The van der Waals surface area contributed by atoms with Crippen LogP contribution in [0.25, 0.3) is 11.1 Å². The molecule has 0 fully saturated rings. The van der Waals surface area contributed by atoms with E-state index in [-0.39, 0.29) is 25.5 Å². The molecule has 9 nitrogen and oxygen atoms in total. The summed E-state index contributed by atoms with van der Waals surface area (Å²) < 4.78 is 28.9. The van der Waals surface area contributed by atoms with Crippen molar-refractivity contribution < 1.29 is 33.6 Å². The molecule has 0 unspecified atom stereocenters. The van der Waals surface area contributed by atoms with Crippen LogP contribution in [0.5, 0.6) is 23.0 Å². The Labute approximate surface area is 275 Å². The first-order valence-electron chi connectivity index (χ1n) is 15.4. The maximum atomic E-state index is 14.4. The van der Waals surface area contributed by atoms with E-state index < -0.39 is 11.6 Å². The molecule has 1 amide bonds. The molecule has 244 valence electrons. The van der Waals surface area contributed by atoms with Crippen molar-refractivity contribution in [3.63, 3.8) is 0 Å². The number of ether oxygens (including phenoxy) is 5. The number of hydrogen-bond acceptors (Lipinski definition) is 8. The lowest BCUT2D eigenvalue weighted by Crippen LogP contribution is -2.47. The number of rotatable bonds is 15. The van der Waals surface area contributed by atoms with Crippen molar-refractivity contribution in [1.29, 1.82) is 0 Å². The van der Waals surface area contributed by atoms with E-state index >= 15 is 0 Å². The Kier molecular flexibility index (Phi) is 10.8. The van der Waals surface area contributed by atoms with Crippen molar-refractivity contribution in [1.82, 2.24) is 5.32 Å². The zero-order valence-corrected chi connectivity index (χ0v) is 26.9. The number of carbonyl (C=O) groups excluding carboxylic acids is 1. The van der Waals surface area contributed by atoms with Gasteiger partial charge < -0.3 is 34.1 Å². The molecule has 0 bridgehead atoms. The summed E-state index contributed by atoms with van der Waals surface area (Å²) in [7, 11) is 4.67. The Bertz CT molecular complexity index is 1660. The van der Waals surface area contributed by atoms with Gasteiger partial charge in [-0.05, 0) is 41.0 Å². The number of hydrogen-bond donors (Lipinski definition) is 2. The van der Waals surface area contributed by atoms with Crippen LogP contribution in [-0.4, -0.2) is 57.0 Å². The minimum Gasteiger partial charge on any atom is -0.496 e. The summed E-state index contributed by atoms with van der Waals surface area (Å²) >= 11 is 0. The summed E-state index contributed by atoms with van der Waals surface area (Å²) in [4.78, 5) is 19.4. The van der Waals surface area contributed by atoms with E-state index in [1.165, 1.54) is 0 Å². The van der Waals surface area contributed by atoms with Crippen LogP contribution in [-0.2, 0) is 16.1 Å². The van der Waals surface area contributed by atoms with Gasteiger partial charge in [-0.25, -0.2) is 4.99 Å². The minimum atomic E-state index is -1.37. The van der Waals surface area contributed by atoms with Gasteiger partial charge in [-0.3, -0.25) is 4.79 Å². The second-order valence-corrected chi connectivity index (χ2v) is 11.0. The Morgan fingerprint density at radius 2 is 1.53 bits per heavy atom. The van der Waals surface area contributed by atoms with E-state index in [1.807, 2.05) is 66.7 Å². The molecule has 9 heteroatoms. The van der Waals surface area contributed by atoms with Crippen LogP contribution in [0.4, 0.5) is 0 Å². The first kappa shape index (κ1) is 33.1. The Hall–Kier alpha value is -5.28. The molecule has 1 aliphatic heterocycles. The van der Waals surface area contributed by atoms with Gasteiger partial charge in [-0.1, -0.05) is 60.7 Å².